The fourth-order valence-corrected chi connectivity index (χ4v) is 5.96. The van der Waals surface area contributed by atoms with E-state index in [1.165, 1.54) is 28.7 Å². The summed E-state index contributed by atoms with van der Waals surface area (Å²) in [4.78, 5) is 34.8. The van der Waals surface area contributed by atoms with E-state index >= 15 is 0 Å². The van der Waals surface area contributed by atoms with Crippen molar-refractivity contribution in [1.82, 2.24) is 9.97 Å². The lowest BCUT2D eigenvalue weighted by molar-refractivity contribution is -0.115. The molecule has 1 atom stereocenters. The van der Waals surface area contributed by atoms with E-state index in [2.05, 4.69) is 39.6 Å². The first-order valence-electron chi connectivity index (χ1n) is 10.7. The number of carbonyl (C=O) groups is 2. The minimum Gasteiger partial charge on any atom is -0.462 e. The predicted molar refractivity (Wildman–Crippen MR) is 127 cm³/mol. The Bertz CT molecular complexity index is 1070. The molecule has 0 saturated carbocycles. The van der Waals surface area contributed by atoms with Gasteiger partial charge in [-0.15, -0.1) is 11.3 Å². The number of ether oxygens (including phenoxy) is 1. The molecule has 0 bridgehead atoms. The molecule has 6 nitrogen and oxygen atoms in total. The van der Waals surface area contributed by atoms with E-state index in [-0.39, 0.29) is 11.9 Å². The van der Waals surface area contributed by atoms with Crippen LogP contribution in [0.3, 0.4) is 0 Å². The van der Waals surface area contributed by atoms with Gasteiger partial charge in [0.1, 0.15) is 5.00 Å². The number of amides is 1. The number of thiophene rings is 1. The van der Waals surface area contributed by atoms with Crippen LogP contribution in [0.5, 0.6) is 0 Å². The first-order chi connectivity index (χ1) is 15.7. The van der Waals surface area contributed by atoms with E-state index < -0.39 is 0 Å². The molecule has 4 rings (SSSR count). The highest BCUT2D eigenvalue weighted by Gasteiger charge is 2.30. The Morgan fingerprint density at radius 2 is 1.97 bits per heavy atom. The second-order valence-electron chi connectivity index (χ2n) is 7.46. The van der Waals surface area contributed by atoms with Crippen molar-refractivity contribution in [1.29, 1.82) is 0 Å². The molecular weight excluding hydrogens is 442 g/mol. The van der Waals surface area contributed by atoms with Crippen molar-refractivity contribution < 1.29 is 14.3 Å². The summed E-state index contributed by atoms with van der Waals surface area (Å²) in [6, 6.07) is 12.2. The van der Waals surface area contributed by atoms with Crippen molar-refractivity contribution >= 4 is 40.0 Å². The van der Waals surface area contributed by atoms with Gasteiger partial charge in [-0.3, -0.25) is 4.79 Å². The zero-order valence-electron chi connectivity index (χ0n) is 17.9. The van der Waals surface area contributed by atoms with Gasteiger partial charge in [-0.25, -0.2) is 14.8 Å². The molecule has 0 fully saturated rings. The number of aromatic nitrogens is 2. The molecule has 8 heteroatoms. The third kappa shape index (κ3) is 5.37. The van der Waals surface area contributed by atoms with Crippen LogP contribution in [0.25, 0.3) is 0 Å². The Morgan fingerprint density at radius 1 is 1.19 bits per heavy atom. The second-order valence-corrected chi connectivity index (χ2v) is 9.62. The molecule has 0 aliphatic heterocycles. The first-order valence-corrected chi connectivity index (χ1v) is 12.5. The fraction of sp³-hybridized carbons (Fsp3) is 0.333. The van der Waals surface area contributed by atoms with Gasteiger partial charge in [-0.1, -0.05) is 42.1 Å². The molecule has 1 N–H and O–H groups in total. The van der Waals surface area contributed by atoms with Gasteiger partial charge in [-0.2, -0.15) is 0 Å². The van der Waals surface area contributed by atoms with Crippen LogP contribution < -0.4 is 5.32 Å². The minimum atomic E-state index is -0.356. The third-order valence-corrected chi connectivity index (χ3v) is 7.42. The lowest BCUT2D eigenvalue weighted by Gasteiger charge is -2.23. The number of fused-ring (bicyclic) bond motifs is 1. The third-order valence-electron chi connectivity index (χ3n) is 5.37. The standard InChI is InChI=1S/C24H25N3O3S2/c1-2-30-23(29)21-18-10-9-17(16-7-4-3-5-8-16)15-19(18)32-22(21)27-20(28)11-14-31-24-25-12-6-13-26-24/h3-8,12-13,17H,2,9-11,14-15H2,1H3,(H,27,28). The van der Waals surface area contributed by atoms with E-state index in [4.69, 9.17) is 4.74 Å². The van der Waals surface area contributed by atoms with E-state index in [1.54, 1.807) is 25.4 Å². The quantitative estimate of drug-likeness (QED) is 0.282. The maximum absolute atomic E-state index is 12.7. The summed E-state index contributed by atoms with van der Waals surface area (Å²) >= 11 is 2.94. The number of benzene rings is 1. The second kappa shape index (κ2) is 10.7. The number of nitrogens with zero attached hydrogens (tertiary/aromatic N) is 2. The highest BCUT2D eigenvalue weighted by atomic mass is 32.2. The Kier molecular flexibility index (Phi) is 7.55. The van der Waals surface area contributed by atoms with Crippen molar-refractivity contribution in [3.63, 3.8) is 0 Å². The molecule has 2 heterocycles. The summed E-state index contributed by atoms with van der Waals surface area (Å²) in [6.07, 6.45) is 6.31. The molecule has 1 aliphatic rings. The van der Waals surface area contributed by atoms with Crippen LogP contribution in [0, 0.1) is 0 Å². The maximum Gasteiger partial charge on any atom is 0.341 e. The van der Waals surface area contributed by atoms with E-state index in [0.29, 0.717) is 40.4 Å². The average Bonchev–Trinajstić information content (AvgIpc) is 3.17. The molecule has 32 heavy (non-hydrogen) atoms. The molecule has 166 valence electrons. The Labute approximate surface area is 195 Å². The number of esters is 1. The van der Waals surface area contributed by atoms with Crippen LogP contribution in [0.4, 0.5) is 5.00 Å². The predicted octanol–water partition coefficient (Wildman–Crippen LogP) is 5.11. The number of rotatable bonds is 8. The molecule has 1 unspecified atom stereocenters. The van der Waals surface area contributed by atoms with E-state index in [9.17, 15) is 9.59 Å². The Hall–Kier alpha value is -2.71. The molecule has 1 aliphatic carbocycles. The van der Waals surface area contributed by atoms with Gasteiger partial charge < -0.3 is 10.1 Å². The van der Waals surface area contributed by atoms with Gasteiger partial charge >= 0.3 is 5.97 Å². The number of thioether (sulfide) groups is 1. The number of nitrogens with one attached hydrogen (secondary N) is 1. The molecule has 2 aromatic heterocycles. The topological polar surface area (TPSA) is 81.2 Å². The Balaban J connectivity index is 1.48. The SMILES string of the molecule is CCOC(=O)c1c(NC(=O)CCSc2ncccn2)sc2c1CCC(c1ccccc1)C2. The normalized spacial score (nSPS) is 15.1. The Morgan fingerprint density at radius 3 is 2.72 bits per heavy atom. The van der Waals surface area contributed by atoms with Gasteiger partial charge in [0, 0.05) is 29.4 Å². The summed E-state index contributed by atoms with van der Waals surface area (Å²) in [6.45, 7) is 2.10. The zero-order chi connectivity index (χ0) is 22.3. The van der Waals surface area contributed by atoms with Crippen LogP contribution in [0.1, 0.15) is 52.0 Å². The lowest BCUT2D eigenvalue weighted by Crippen LogP contribution is -2.17. The van der Waals surface area contributed by atoms with Gasteiger partial charge in [0.15, 0.2) is 5.16 Å². The lowest BCUT2D eigenvalue weighted by atomic mass is 9.83. The van der Waals surface area contributed by atoms with Gasteiger partial charge in [0.05, 0.1) is 12.2 Å². The number of carbonyl (C=O) groups excluding carboxylic acids is 2. The van der Waals surface area contributed by atoms with E-state index in [0.717, 1.165) is 29.7 Å². The van der Waals surface area contributed by atoms with Gasteiger partial charge in [0.2, 0.25) is 5.91 Å². The summed E-state index contributed by atoms with van der Waals surface area (Å²) in [5, 5.41) is 4.22. The fourth-order valence-electron chi connectivity index (χ4n) is 3.89. The van der Waals surface area contributed by atoms with Crippen molar-refractivity contribution in [2.75, 3.05) is 17.7 Å². The van der Waals surface area contributed by atoms with Crippen molar-refractivity contribution in [2.24, 2.45) is 0 Å². The molecule has 1 aromatic carbocycles. The average molecular weight is 468 g/mol. The molecule has 0 radical (unpaired) electrons. The van der Waals surface area contributed by atoms with Crippen molar-refractivity contribution in [2.45, 2.75) is 43.7 Å². The summed E-state index contributed by atoms with van der Waals surface area (Å²) in [5.74, 6) is 0.497. The van der Waals surface area contributed by atoms with Gasteiger partial charge in [0.25, 0.3) is 0 Å². The smallest absolute Gasteiger partial charge is 0.341 e. The molecule has 0 saturated heterocycles. The van der Waals surface area contributed by atoms with Crippen LogP contribution >= 0.6 is 23.1 Å². The number of hydrogen-bond donors (Lipinski definition) is 1. The summed E-state index contributed by atoms with van der Waals surface area (Å²) in [7, 11) is 0. The van der Waals surface area contributed by atoms with Crippen molar-refractivity contribution in [3.8, 4) is 0 Å². The van der Waals surface area contributed by atoms with Crippen LogP contribution in [-0.4, -0.2) is 34.2 Å². The zero-order valence-corrected chi connectivity index (χ0v) is 19.5. The van der Waals surface area contributed by atoms with Gasteiger partial charge in [-0.05, 0) is 49.3 Å². The molecule has 0 spiro atoms. The van der Waals surface area contributed by atoms with Crippen LogP contribution in [-0.2, 0) is 22.4 Å². The molecule has 3 aromatic rings. The monoisotopic (exact) mass is 467 g/mol. The summed E-state index contributed by atoms with van der Waals surface area (Å²) < 4.78 is 5.32. The minimum absolute atomic E-state index is 0.128. The molecule has 1 amide bonds. The first kappa shape index (κ1) is 22.5. The highest BCUT2D eigenvalue weighted by Crippen LogP contribution is 2.42. The number of anilines is 1. The van der Waals surface area contributed by atoms with E-state index in [1.807, 2.05) is 6.07 Å². The summed E-state index contributed by atoms with van der Waals surface area (Å²) in [5.41, 5.74) is 2.88. The number of hydrogen-bond acceptors (Lipinski definition) is 7. The molecular formula is C24H25N3O3S2. The van der Waals surface area contributed by atoms with Crippen molar-refractivity contribution in [3.05, 3.63) is 70.4 Å². The van der Waals surface area contributed by atoms with Crippen LogP contribution in [0.15, 0.2) is 53.9 Å². The van der Waals surface area contributed by atoms with Crippen LogP contribution in [0.2, 0.25) is 0 Å². The largest absolute Gasteiger partial charge is 0.462 e. The highest BCUT2D eigenvalue weighted by molar-refractivity contribution is 7.99. The maximum atomic E-state index is 12.7.